The molecular weight excluding hydrogens is 330 g/mol. The fourth-order valence-electron chi connectivity index (χ4n) is 3.37. The van der Waals surface area contributed by atoms with Crippen LogP contribution in [0.5, 0.6) is 11.5 Å². The van der Waals surface area contributed by atoms with Crippen molar-refractivity contribution in [3.8, 4) is 21.9 Å². The fourth-order valence-corrected chi connectivity index (χ4v) is 4.43. The first kappa shape index (κ1) is 16.2. The highest BCUT2D eigenvalue weighted by Gasteiger charge is 2.19. The van der Waals surface area contributed by atoms with Crippen LogP contribution in [0, 0.1) is 0 Å². The number of hydrogen-bond acceptors (Lipinski definition) is 4. The van der Waals surface area contributed by atoms with Gasteiger partial charge in [-0.1, -0.05) is 30.3 Å². The van der Waals surface area contributed by atoms with E-state index in [-0.39, 0.29) is 5.75 Å². The number of ether oxygens (including phenoxy) is 1. The van der Waals surface area contributed by atoms with Crippen LogP contribution in [-0.4, -0.2) is 23.7 Å². The van der Waals surface area contributed by atoms with E-state index >= 15 is 0 Å². The molecule has 128 valence electrons. The van der Waals surface area contributed by atoms with E-state index in [1.165, 1.54) is 26.4 Å². The summed E-state index contributed by atoms with van der Waals surface area (Å²) in [6.07, 6.45) is 0.962. The molecule has 1 aliphatic rings. The molecule has 0 aliphatic carbocycles. The predicted molar refractivity (Wildman–Crippen MR) is 102 cm³/mol. The van der Waals surface area contributed by atoms with E-state index in [0.717, 1.165) is 26.1 Å². The minimum atomic E-state index is 0.237. The van der Waals surface area contributed by atoms with Crippen molar-refractivity contribution in [2.24, 2.45) is 0 Å². The van der Waals surface area contributed by atoms with E-state index in [4.69, 9.17) is 4.74 Å². The number of phenolic OH excluding ortho intramolecular Hbond substituents is 1. The van der Waals surface area contributed by atoms with E-state index in [2.05, 4.69) is 47.4 Å². The summed E-state index contributed by atoms with van der Waals surface area (Å²) in [4.78, 5) is 5.16. The normalized spacial score (nSPS) is 14.3. The van der Waals surface area contributed by atoms with E-state index in [1.54, 1.807) is 7.11 Å². The lowest BCUT2D eigenvalue weighted by molar-refractivity contribution is 0.246. The van der Waals surface area contributed by atoms with Crippen molar-refractivity contribution in [2.45, 2.75) is 19.5 Å². The molecule has 0 radical (unpaired) electrons. The van der Waals surface area contributed by atoms with E-state index in [9.17, 15) is 5.11 Å². The van der Waals surface area contributed by atoms with Gasteiger partial charge in [0.2, 0.25) is 0 Å². The molecular formula is C21H21NO2S. The van der Waals surface area contributed by atoms with Gasteiger partial charge < -0.3 is 9.84 Å². The molecule has 3 nitrogen and oxygen atoms in total. The largest absolute Gasteiger partial charge is 0.504 e. The molecule has 1 N–H and O–H groups in total. The van der Waals surface area contributed by atoms with Gasteiger partial charge in [0.15, 0.2) is 11.5 Å². The zero-order valence-corrected chi connectivity index (χ0v) is 15.1. The highest BCUT2D eigenvalue weighted by Crippen LogP contribution is 2.34. The number of rotatable bonds is 4. The Morgan fingerprint density at radius 1 is 1.08 bits per heavy atom. The maximum Gasteiger partial charge on any atom is 0.160 e. The van der Waals surface area contributed by atoms with Gasteiger partial charge in [0, 0.05) is 29.4 Å². The Hall–Kier alpha value is -2.30. The monoisotopic (exact) mass is 351 g/mol. The molecule has 3 aromatic rings. The number of methoxy groups -OCH3 is 1. The predicted octanol–water partition coefficient (Wildman–Crippen LogP) is 4.69. The molecule has 0 bridgehead atoms. The molecule has 0 spiro atoms. The van der Waals surface area contributed by atoms with Crippen LogP contribution in [-0.2, 0) is 19.5 Å². The van der Waals surface area contributed by atoms with E-state index in [1.807, 2.05) is 23.5 Å². The maximum absolute atomic E-state index is 9.94. The number of fused-ring (bicyclic) bond motifs is 1. The number of benzene rings is 2. The highest BCUT2D eigenvalue weighted by atomic mass is 32.1. The van der Waals surface area contributed by atoms with Crippen LogP contribution < -0.4 is 4.74 Å². The molecule has 4 heteroatoms. The minimum Gasteiger partial charge on any atom is -0.504 e. The summed E-state index contributed by atoms with van der Waals surface area (Å²) in [6.45, 7) is 2.86. The van der Waals surface area contributed by atoms with Crippen LogP contribution >= 0.6 is 11.3 Å². The average Bonchev–Trinajstić information content (AvgIpc) is 3.10. The number of nitrogens with zero attached hydrogens (tertiary/aromatic N) is 1. The Bertz CT molecular complexity index is 873. The zero-order valence-electron chi connectivity index (χ0n) is 14.2. The summed E-state index contributed by atoms with van der Waals surface area (Å²) >= 11 is 1.86. The van der Waals surface area contributed by atoms with Gasteiger partial charge in [-0.25, -0.2) is 0 Å². The Labute approximate surface area is 152 Å². The van der Waals surface area contributed by atoms with Gasteiger partial charge in [0.1, 0.15) is 0 Å². The van der Waals surface area contributed by atoms with Crippen molar-refractivity contribution in [2.75, 3.05) is 13.7 Å². The van der Waals surface area contributed by atoms with Crippen LogP contribution in [0.2, 0.25) is 0 Å². The topological polar surface area (TPSA) is 32.7 Å². The average molecular weight is 351 g/mol. The molecule has 2 heterocycles. The third-order valence-electron chi connectivity index (χ3n) is 4.69. The van der Waals surface area contributed by atoms with Crippen molar-refractivity contribution in [3.63, 3.8) is 0 Å². The first-order chi connectivity index (χ1) is 12.2. The molecule has 0 saturated heterocycles. The summed E-state index contributed by atoms with van der Waals surface area (Å²) in [5, 5.41) is 9.94. The van der Waals surface area contributed by atoms with Gasteiger partial charge in [0.25, 0.3) is 0 Å². The molecule has 1 aromatic heterocycles. The number of phenols is 1. The lowest BCUT2D eigenvalue weighted by Crippen LogP contribution is -2.29. The first-order valence-corrected chi connectivity index (χ1v) is 9.30. The summed E-state index contributed by atoms with van der Waals surface area (Å²) in [5.41, 5.74) is 3.76. The second kappa shape index (κ2) is 6.90. The Morgan fingerprint density at radius 2 is 1.92 bits per heavy atom. The standard InChI is InChI=1S/C21H21NO2S/c1-24-20-12-17-13-22(10-9-16(17)11-19(20)23)14-18-7-8-21(25-18)15-5-3-2-4-6-15/h2-8,11-12,23H,9-10,13-14H2,1H3. The second-order valence-corrected chi connectivity index (χ2v) is 7.55. The Balaban J connectivity index is 1.49. The smallest absolute Gasteiger partial charge is 0.160 e. The summed E-state index contributed by atoms with van der Waals surface area (Å²) in [7, 11) is 1.60. The van der Waals surface area contributed by atoms with Gasteiger partial charge in [-0.2, -0.15) is 0 Å². The molecule has 25 heavy (non-hydrogen) atoms. The van der Waals surface area contributed by atoms with Crippen molar-refractivity contribution in [1.82, 2.24) is 4.90 Å². The lowest BCUT2D eigenvalue weighted by Gasteiger charge is -2.28. The fraction of sp³-hybridized carbons (Fsp3) is 0.238. The summed E-state index contributed by atoms with van der Waals surface area (Å²) in [5.74, 6) is 0.795. The minimum absolute atomic E-state index is 0.237. The second-order valence-electron chi connectivity index (χ2n) is 6.39. The summed E-state index contributed by atoms with van der Waals surface area (Å²) in [6, 6.07) is 18.8. The van der Waals surface area contributed by atoms with E-state index in [0.29, 0.717) is 5.75 Å². The molecule has 0 amide bonds. The molecule has 1 aliphatic heterocycles. The Morgan fingerprint density at radius 3 is 2.72 bits per heavy atom. The van der Waals surface area contributed by atoms with Crippen LogP contribution in [0.1, 0.15) is 16.0 Å². The molecule has 4 rings (SSSR count). The zero-order chi connectivity index (χ0) is 17.2. The van der Waals surface area contributed by atoms with Crippen LogP contribution in [0.25, 0.3) is 10.4 Å². The molecule has 0 atom stereocenters. The Kier molecular flexibility index (Phi) is 4.47. The molecule has 0 unspecified atom stereocenters. The third kappa shape index (κ3) is 3.41. The van der Waals surface area contributed by atoms with Crippen molar-refractivity contribution in [1.29, 1.82) is 0 Å². The molecule has 0 fully saturated rings. The van der Waals surface area contributed by atoms with Crippen LogP contribution in [0.15, 0.2) is 54.6 Å². The van der Waals surface area contributed by atoms with Gasteiger partial charge in [0.05, 0.1) is 7.11 Å². The van der Waals surface area contributed by atoms with Crippen LogP contribution in [0.3, 0.4) is 0 Å². The van der Waals surface area contributed by atoms with Crippen molar-refractivity contribution in [3.05, 3.63) is 70.6 Å². The quantitative estimate of drug-likeness (QED) is 0.740. The van der Waals surface area contributed by atoms with Gasteiger partial charge in [-0.15, -0.1) is 11.3 Å². The van der Waals surface area contributed by atoms with Crippen LogP contribution in [0.4, 0.5) is 0 Å². The van der Waals surface area contributed by atoms with Crippen molar-refractivity contribution >= 4 is 11.3 Å². The van der Waals surface area contributed by atoms with E-state index < -0.39 is 0 Å². The SMILES string of the molecule is COc1cc2c(cc1O)CCN(Cc1ccc(-c3ccccc3)s1)C2. The summed E-state index contributed by atoms with van der Waals surface area (Å²) < 4.78 is 5.25. The van der Waals surface area contributed by atoms with Gasteiger partial charge in [-0.3, -0.25) is 4.90 Å². The lowest BCUT2D eigenvalue weighted by atomic mass is 9.99. The number of aromatic hydroxyl groups is 1. The number of hydrogen-bond donors (Lipinski definition) is 1. The van der Waals surface area contributed by atoms with Crippen molar-refractivity contribution < 1.29 is 9.84 Å². The maximum atomic E-state index is 9.94. The first-order valence-electron chi connectivity index (χ1n) is 8.48. The highest BCUT2D eigenvalue weighted by molar-refractivity contribution is 7.15. The molecule has 0 saturated carbocycles. The van der Waals surface area contributed by atoms with Gasteiger partial charge in [-0.05, 0) is 47.4 Å². The van der Waals surface area contributed by atoms with Gasteiger partial charge >= 0.3 is 0 Å². The molecule has 2 aromatic carbocycles. The third-order valence-corrected chi connectivity index (χ3v) is 5.81. The number of thiophene rings is 1.